The molecule has 0 saturated carbocycles. The van der Waals surface area contributed by atoms with Crippen molar-refractivity contribution in [1.82, 2.24) is 5.32 Å². The molecule has 0 radical (unpaired) electrons. The molecule has 0 bridgehead atoms. The molecule has 1 heterocycles. The van der Waals surface area contributed by atoms with Crippen LogP contribution in [0.25, 0.3) is 0 Å². The molecule has 1 aromatic rings. The molecule has 1 aliphatic heterocycles. The fourth-order valence-corrected chi connectivity index (χ4v) is 2.05. The van der Waals surface area contributed by atoms with E-state index in [0.717, 1.165) is 31.4 Å². The van der Waals surface area contributed by atoms with E-state index in [1.54, 1.807) is 6.07 Å². The Morgan fingerprint density at radius 3 is 2.81 bits per heavy atom. The lowest BCUT2D eigenvalue weighted by atomic mass is 9.97. The minimum Gasteiger partial charge on any atom is -0.502 e. The van der Waals surface area contributed by atoms with Crippen LogP contribution in [-0.2, 0) is 0 Å². The number of rotatable bonds is 2. The summed E-state index contributed by atoms with van der Waals surface area (Å²) in [6, 6.07) is 4.77. The molecule has 1 unspecified atom stereocenters. The minimum atomic E-state index is -0.576. The first kappa shape index (κ1) is 10.9. The van der Waals surface area contributed by atoms with E-state index in [0.29, 0.717) is 0 Å². The number of phenols is 1. The first-order chi connectivity index (χ1) is 7.68. The van der Waals surface area contributed by atoms with Crippen LogP contribution in [0.3, 0.4) is 0 Å². The second kappa shape index (κ2) is 4.49. The summed E-state index contributed by atoms with van der Waals surface area (Å²) in [6.07, 6.45) is 3.32. The average molecular weight is 222 g/mol. The van der Waals surface area contributed by atoms with Crippen LogP contribution in [0.2, 0.25) is 0 Å². The molecule has 2 N–H and O–H groups in total. The number of nitrogens with zero attached hydrogens (tertiary/aromatic N) is 1. The Morgan fingerprint density at radius 2 is 2.25 bits per heavy atom. The van der Waals surface area contributed by atoms with E-state index in [2.05, 4.69) is 5.32 Å². The minimum absolute atomic E-state index is 0.209. The second-order valence-corrected chi connectivity index (χ2v) is 4.01. The summed E-state index contributed by atoms with van der Waals surface area (Å²) in [7, 11) is 0. The lowest BCUT2D eigenvalue weighted by Gasteiger charge is -2.23. The molecule has 16 heavy (non-hydrogen) atoms. The fourth-order valence-electron chi connectivity index (χ4n) is 2.05. The fraction of sp³-hybridized carbons (Fsp3) is 0.455. The van der Waals surface area contributed by atoms with E-state index >= 15 is 0 Å². The highest BCUT2D eigenvalue weighted by Crippen LogP contribution is 2.31. The number of nitro benzene ring substituents is 1. The van der Waals surface area contributed by atoms with Crippen molar-refractivity contribution in [1.29, 1.82) is 0 Å². The summed E-state index contributed by atoms with van der Waals surface area (Å²) >= 11 is 0. The van der Waals surface area contributed by atoms with Gasteiger partial charge >= 0.3 is 5.69 Å². The Morgan fingerprint density at radius 1 is 1.44 bits per heavy atom. The number of piperidine rings is 1. The number of benzene rings is 1. The third kappa shape index (κ3) is 2.14. The van der Waals surface area contributed by atoms with Gasteiger partial charge in [0.15, 0.2) is 5.75 Å². The zero-order chi connectivity index (χ0) is 11.5. The molecule has 1 saturated heterocycles. The molecule has 0 aliphatic carbocycles. The van der Waals surface area contributed by atoms with Gasteiger partial charge < -0.3 is 10.4 Å². The zero-order valence-corrected chi connectivity index (χ0v) is 8.85. The van der Waals surface area contributed by atoms with Crippen molar-refractivity contribution >= 4 is 5.69 Å². The SMILES string of the molecule is O=[N+]([O-])c1ccc(C2CCCCN2)cc1O. The topological polar surface area (TPSA) is 75.4 Å². The van der Waals surface area contributed by atoms with Crippen molar-refractivity contribution in [2.45, 2.75) is 25.3 Å². The Labute approximate surface area is 93.2 Å². The molecule has 2 rings (SSSR count). The third-order valence-electron chi connectivity index (χ3n) is 2.91. The molecular weight excluding hydrogens is 208 g/mol. The summed E-state index contributed by atoms with van der Waals surface area (Å²) in [4.78, 5) is 9.96. The van der Waals surface area contributed by atoms with Crippen LogP contribution >= 0.6 is 0 Å². The van der Waals surface area contributed by atoms with Gasteiger partial charge in [-0.05, 0) is 31.0 Å². The van der Waals surface area contributed by atoms with Gasteiger partial charge in [0.2, 0.25) is 0 Å². The number of hydrogen-bond acceptors (Lipinski definition) is 4. The summed E-state index contributed by atoms with van der Waals surface area (Å²) in [5.41, 5.74) is 0.683. The van der Waals surface area contributed by atoms with Gasteiger partial charge in [-0.1, -0.05) is 12.5 Å². The van der Waals surface area contributed by atoms with Gasteiger partial charge in [0.1, 0.15) is 0 Å². The van der Waals surface area contributed by atoms with E-state index in [-0.39, 0.29) is 17.5 Å². The highest BCUT2D eigenvalue weighted by molar-refractivity contribution is 5.48. The first-order valence-corrected chi connectivity index (χ1v) is 5.39. The van der Waals surface area contributed by atoms with Gasteiger partial charge in [-0.3, -0.25) is 10.1 Å². The largest absolute Gasteiger partial charge is 0.502 e. The summed E-state index contributed by atoms with van der Waals surface area (Å²) in [6.45, 7) is 0.961. The highest BCUT2D eigenvalue weighted by atomic mass is 16.6. The number of nitro groups is 1. The lowest BCUT2D eigenvalue weighted by molar-refractivity contribution is -0.385. The van der Waals surface area contributed by atoms with Crippen LogP contribution in [0, 0.1) is 10.1 Å². The first-order valence-electron chi connectivity index (χ1n) is 5.39. The molecule has 1 aliphatic rings. The van der Waals surface area contributed by atoms with Gasteiger partial charge in [0, 0.05) is 12.1 Å². The van der Waals surface area contributed by atoms with Crippen molar-refractivity contribution in [3.63, 3.8) is 0 Å². The standard InChI is InChI=1S/C11H14N2O3/c14-11-7-8(4-5-10(11)13(15)16)9-3-1-2-6-12-9/h4-5,7,9,12,14H,1-3,6H2. The molecule has 1 fully saturated rings. The molecule has 86 valence electrons. The van der Waals surface area contributed by atoms with Gasteiger partial charge in [0.25, 0.3) is 0 Å². The summed E-state index contributed by atoms with van der Waals surface area (Å²) in [5, 5.41) is 23.4. The van der Waals surface area contributed by atoms with Crippen molar-refractivity contribution < 1.29 is 10.0 Å². The number of aromatic hydroxyl groups is 1. The Bertz CT molecular complexity index is 400. The normalized spacial score (nSPS) is 20.6. The number of phenolic OH excluding ortho intramolecular Hbond substituents is 1. The van der Waals surface area contributed by atoms with Crippen LogP contribution in [0.15, 0.2) is 18.2 Å². The molecular formula is C11H14N2O3. The van der Waals surface area contributed by atoms with E-state index in [4.69, 9.17) is 0 Å². The average Bonchev–Trinajstić information content (AvgIpc) is 2.29. The summed E-state index contributed by atoms with van der Waals surface area (Å²) < 4.78 is 0. The maximum Gasteiger partial charge on any atom is 0.310 e. The van der Waals surface area contributed by atoms with Gasteiger partial charge in [0.05, 0.1) is 4.92 Å². The second-order valence-electron chi connectivity index (χ2n) is 4.01. The van der Waals surface area contributed by atoms with E-state index in [1.165, 1.54) is 12.1 Å². The predicted molar refractivity (Wildman–Crippen MR) is 59.4 cm³/mol. The molecule has 0 amide bonds. The van der Waals surface area contributed by atoms with Gasteiger partial charge in [-0.25, -0.2) is 0 Å². The van der Waals surface area contributed by atoms with Gasteiger partial charge in [-0.15, -0.1) is 0 Å². The molecule has 1 atom stereocenters. The van der Waals surface area contributed by atoms with Crippen LogP contribution < -0.4 is 5.32 Å². The smallest absolute Gasteiger partial charge is 0.310 e. The molecule has 5 heteroatoms. The number of nitrogens with one attached hydrogen (secondary N) is 1. The van der Waals surface area contributed by atoms with E-state index in [9.17, 15) is 15.2 Å². The van der Waals surface area contributed by atoms with Crippen LogP contribution in [0.5, 0.6) is 5.75 Å². The van der Waals surface area contributed by atoms with Crippen molar-refractivity contribution in [2.24, 2.45) is 0 Å². The summed E-state index contributed by atoms with van der Waals surface area (Å²) in [5.74, 6) is -0.255. The van der Waals surface area contributed by atoms with Crippen LogP contribution in [-0.4, -0.2) is 16.6 Å². The van der Waals surface area contributed by atoms with E-state index < -0.39 is 4.92 Å². The lowest BCUT2D eigenvalue weighted by Crippen LogP contribution is -2.26. The Kier molecular flexibility index (Phi) is 3.05. The quantitative estimate of drug-likeness (QED) is 0.593. The van der Waals surface area contributed by atoms with Crippen molar-refractivity contribution in [2.75, 3.05) is 6.54 Å². The Hall–Kier alpha value is -1.62. The molecule has 0 aromatic heterocycles. The predicted octanol–water partition coefficient (Wildman–Crippen LogP) is 2.11. The van der Waals surface area contributed by atoms with Gasteiger partial charge in [-0.2, -0.15) is 0 Å². The molecule has 5 nitrogen and oxygen atoms in total. The maximum atomic E-state index is 10.5. The third-order valence-corrected chi connectivity index (χ3v) is 2.91. The van der Waals surface area contributed by atoms with Crippen LogP contribution in [0.1, 0.15) is 30.9 Å². The zero-order valence-electron chi connectivity index (χ0n) is 8.85. The van der Waals surface area contributed by atoms with E-state index in [1.807, 2.05) is 0 Å². The van der Waals surface area contributed by atoms with Crippen molar-refractivity contribution in [3.05, 3.63) is 33.9 Å². The number of hydrogen-bond donors (Lipinski definition) is 2. The monoisotopic (exact) mass is 222 g/mol. The highest BCUT2D eigenvalue weighted by Gasteiger charge is 2.19. The van der Waals surface area contributed by atoms with Crippen molar-refractivity contribution in [3.8, 4) is 5.75 Å². The van der Waals surface area contributed by atoms with Crippen LogP contribution in [0.4, 0.5) is 5.69 Å². The molecule has 0 spiro atoms. The maximum absolute atomic E-state index is 10.5. The molecule has 1 aromatic carbocycles. The Balaban J connectivity index is 2.23.